The van der Waals surface area contributed by atoms with Crippen molar-refractivity contribution in [2.45, 2.75) is 38.7 Å². The smallest absolute Gasteiger partial charge is 0.229 e. The molecule has 0 saturated carbocycles. The van der Waals surface area contributed by atoms with E-state index in [0.29, 0.717) is 0 Å². The van der Waals surface area contributed by atoms with Gasteiger partial charge in [-0.1, -0.05) is 0 Å². The van der Waals surface area contributed by atoms with Crippen LogP contribution in [0.25, 0.3) is 0 Å². The molecule has 0 aromatic rings. The Kier molecular flexibility index (Phi) is 3.02. The third-order valence-electron chi connectivity index (χ3n) is 0.876. The van der Waals surface area contributed by atoms with Gasteiger partial charge in [0.2, 0.25) is 15.5 Å². The third kappa shape index (κ3) is 4.31. The Hall–Kier alpha value is -0.160. The van der Waals surface area contributed by atoms with Gasteiger partial charge in [-0.25, -0.2) is 17.5 Å². The number of sulfonamides is 1. The molecule has 0 aliphatic rings. The summed E-state index contributed by atoms with van der Waals surface area (Å²) in [5.74, 6) is 0. The average molecular weight is 183 g/mol. The van der Waals surface area contributed by atoms with Crippen LogP contribution >= 0.6 is 0 Å². The largest absolute Gasteiger partial charge is 0.244 e. The van der Waals surface area contributed by atoms with Crippen LogP contribution in [0.2, 0.25) is 0 Å². The predicted molar refractivity (Wildman–Crippen MR) is 42.4 cm³/mol. The maximum atomic E-state index is 12.4. The van der Waals surface area contributed by atoms with Crippen LogP contribution < -0.4 is 4.72 Å². The molecule has 0 rings (SSSR count). The summed E-state index contributed by atoms with van der Waals surface area (Å²) >= 11 is 0. The molecule has 0 bridgehead atoms. The minimum absolute atomic E-state index is 0.612. The highest BCUT2D eigenvalue weighted by atomic mass is 32.2. The normalized spacial score (nSPS) is 16.5. The summed E-state index contributed by atoms with van der Waals surface area (Å²) in [6, 6.07) is 0. The van der Waals surface area contributed by atoms with Gasteiger partial charge in [-0.2, -0.15) is 0 Å². The van der Waals surface area contributed by atoms with Gasteiger partial charge in [-0.05, 0) is 27.7 Å². The molecule has 0 radical (unpaired) electrons. The second-order valence-electron chi connectivity index (χ2n) is 3.44. The molecule has 0 aliphatic heterocycles. The highest BCUT2D eigenvalue weighted by molar-refractivity contribution is 7.89. The van der Waals surface area contributed by atoms with E-state index < -0.39 is 21.1 Å². The van der Waals surface area contributed by atoms with E-state index in [2.05, 4.69) is 4.72 Å². The lowest BCUT2D eigenvalue weighted by Gasteiger charge is -2.20. The molecule has 0 aliphatic carbocycles. The number of halogens is 1. The molecule has 68 valence electrons. The molecule has 0 fully saturated rings. The van der Waals surface area contributed by atoms with Crippen LogP contribution in [0, 0.1) is 0 Å². The first-order valence-electron chi connectivity index (χ1n) is 3.32. The van der Waals surface area contributed by atoms with Crippen molar-refractivity contribution in [2.24, 2.45) is 0 Å². The molecule has 0 aromatic carbocycles. The van der Waals surface area contributed by atoms with Crippen LogP contribution in [-0.4, -0.2) is 19.5 Å². The van der Waals surface area contributed by atoms with Crippen molar-refractivity contribution in [1.29, 1.82) is 0 Å². The first-order valence-corrected chi connectivity index (χ1v) is 4.87. The van der Waals surface area contributed by atoms with Crippen LogP contribution in [0.15, 0.2) is 0 Å². The van der Waals surface area contributed by atoms with Crippen molar-refractivity contribution in [2.75, 3.05) is 0 Å². The van der Waals surface area contributed by atoms with E-state index in [1.807, 2.05) is 0 Å². The molecule has 0 saturated heterocycles. The maximum absolute atomic E-state index is 12.4. The van der Waals surface area contributed by atoms with Crippen LogP contribution in [0.4, 0.5) is 4.39 Å². The maximum Gasteiger partial charge on any atom is 0.244 e. The topological polar surface area (TPSA) is 46.2 Å². The Labute approximate surface area is 67.0 Å². The lowest BCUT2D eigenvalue weighted by molar-refractivity contribution is 0.417. The molecule has 0 amide bonds. The van der Waals surface area contributed by atoms with E-state index in [4.69, 9.17) is 0 Å². The summed E-state index contributed by atoms with van der Waals surface area (Å²) in [6.45, 7) is 5.97. The first kappa shape index (κ1) is 10.8. The van der Waals surface area contributed by atoms with Crippen molar-refractivity contribution < 1.29 is 12.8 Å². The van der Waals surface area contributed by atoms with Crippen LogP contribution in [0.1, 0.15) is 27.7 Å². The molecule has 11 heavy (non-hydrogen) atoms. The van der Waals surface area contributed by atoms with Gasteiger partial charge in [0.25, 0.3) is 0 Å². The quantitative estimate of drug-likeness (QED) is 0.694. The van der Waals surface area contributed by atoms with Crippen LogP contribution in [0.3, 0.4) is 0 Å². The number of alkyl halides is 1. The Bertz CT molecular complexity index is 215. The summed E-state index contributed by atoms with van der Waals surface area (Å²) < 4.78 is 36.3. The molecule has 1 unspecified atom stereocenters. The van der Waals surface area contributed by atoms with Gasteiger partial charge >= 0.3 is 0 Å². The van der Waals surface area contributed by atoms with Crippen molar-refractivity contribution in [3.63, 3.8) is 0 Å². The fourth-order valence-electron chi connectivity index (χ4n) is 0.508. The minimum Gasteiger partial charge on any atom is -0.229 e. The zero-order valence-electron chi connectivity index (χ0n) is 7.18. The highest BCUT2D eigenvalue weighted by Crippen LogP contribution is 2.06. The average Bonchev–Trinajstić information content (AvgIpc) is 1.56. The molecule has 0 heterocycles. The summed E-state index contributed by atoms with van der Waals surface area (Å²) in [7, 11) is -3.77. The molecular formula is C6H14FNO2S. The lowest BCUT2D eigenvalue weighted by Crippen LogP contribution is -2.43. The minimum atomic E-state index is -3.77. The summed E-state index contributed by atoms with van der Waals surface area (Å²) in [4.78, 5) is 0. The molecule has 5 heteroatoms. The van der Waals surface area contributed by atoms with Gasteiger partial charge in [0, 0.05) is 5.54 Å². The zero-order chi connectivity index (χ0) is 9.28. The van der Waals surface area contributed by atoms with E-state index in [1.165, 1.54) is 0 Å². The Balaban J connectivity index is 4.40. The Morgan fingerprint density at radius 1 is 1.36 bits per heavy atom. The van der Waals surface area contributed by atoms with Gasteiger partial charge in [0.15, 0.2) is 0 Å². The van der Waals surface area contributed by atoms with E-state index in [-0.39, 0.29) is 0 Å². The van der Waals surface area contributed by atoms with E-state index in [0.717, 1.165) is 6.92 Å². The second-order valence-corrected chi connectivity index (χ2v) is 5.38. The third-order valence-corrected chi connectivity index (χ3v) is 2.63. The molecular weight excluding hydrogens is 169 g/mol. The molecule has 0 aromatic heterocycles. The number of rotatable bonds is 2. The number of hydrogen-bond donors (Lipinski definition) is 1. The Morgan fingerprint density at radius 2 is 1.73 bits per heavy atom. The van der Waals surface area contributed by atoms with Crippen LogP contribution in [0.5, 0.6) is 0 Å². The van der Waals surface area contributed by atoms with Gasteiger partial charge in [0.05, 0.1) is 0 Å². The van der Waals surface area contributed by atoms with Crippen LogP contribution in [-0.2, 0) is 10.0 Å². The van der Waals surface area contributed by atoms with Crippen molar-refractivity contribution in [1.82, 2.24) is 4.72 Å². The van der Waals surface area contributed by atoms with E-state index >= 15 is 0 Å². The van der Waals surface area contributed by atoms with Crippen molar-refractivity contribution in [3.05, 3.63) is 0 Å². The number of hydrogen-bond acceptors (Lipinski definition) is 2. The molecule has 1 N–H and O–H groups in total. The molecule has 0 spiro atoms. The highest BCUT2D eigenvalue weighted by Gasteiger charge is 2.25. The van der Waals surface area contributed by atoms with Crippen molar-refractivity contribution in [3.8, 4) is 0 Å². The van der Waals surface area contributed by atoms with Gasteiger partial charge in [0.1, 0.15) is 0 Å². The fourth-order valence-corrected chi connectivity index (χ4v) is 1.52. The van der Waals surface area contributed by atoms with E-state index in [1.54, 1.807) is 20.8 Å². The second kappa shape index (κ2) is 3.06. The Morgan fingerprint density at radius 3 is 1.82 bits per heavy atom. The van der Waals surface area contributed by atoms with E-state index in [9.17, 15) is 12.8 Å². The first-order chi connectivity index (χ1) is 4.65. The summed E-state index contributed by atoms with van der Waals surface area (Å²) in [5.41, 5.74) is -2.47. The molecule has 3 nitrogen and oxygen atoms in total. The number of nitrogens with one attached hydrogen (secondary N) is 1. The summed E-state index contributed by atoms with van der Waals surface area (Å²) in [5, 5.41) is 0. The zero-order valence-corrected chi connectivity index (χ0v) is 8.00. The standard InChI is InChI=1S/C6H14FNO2S/c1-5(7)11(9,10)8-6(2,3)4/h5,8H,1-4H3. The summed E-state index contributed by atoms with van der Waals surface area (Å²) in [6.07, 6.45) is 0. The van der Waals surface area contributed by atoms with Crippen molar-refractivity contribution >= 4 is 10.0 Å². The monoisotopic (exact) mass is 183 g/mol. The predicted octanol–water partition coefficient (Wildman–Crippen LogP) is 1.02. The van der Waals surface area contributed by atoms with Gasteiger partial charge in [-0.3, -0.25) is 0 Å². The lowest BCUT2D eigenvalue weighted by atomic mass is 10.1. The fraction of sp³-hybridized carbons (Fsp3) is 1.00. The molecule has 1 atom stereocenters. The van der Waals surface area contributed by atoms with Gasteiger partial charge in [-0.15, -0.1) is 0 Å². The SMILES string of the molecule is CC(F)S(=O)(=O)NC(C)(C)C. The van der Waals surface area contributed by atoms with Gasteiger partial charge < -0.3 is 0 Å².